The first-order chi connectivity index (χ1) is 10.6. The van der Waals surface area contributed by atoms with E-state index in [0.717, 1.165) is 43.1 Å². The van der Waals surface area contributed by atoms with E-state index in [-0.39, 0.29) is 5.78 Å². The molecule has 0 aliphatic rings. The molecule has 0 radical (unpaired) electrons. The van der Waals surface area contributed by atoms with Gasteiger partial charge in [0.15, 0.2) is 5.78 Å². The minimum absolute atomic E-state index is 0.108. The van der Waals surface area contributed by atoms with Gasteiger partial charge in [-0.3, -0.25) is 4.79 Å². The van der Waals surface area contributed by atoms with Crippen LogP contribution in [0.3, 0.4) is 0 Å². The van der Waals surface area contributed by atoms with Crippen LogP contribution >= 0.6 is 0 Å². The molecular weight excluding hydrogens is 276 g/mol. The van der Waals surface area contributed by atoms with E-state index in [4.69, 9.17) is 0 Å². The smallest absolute Gasteiger partial charge is 0.161 e. The number of pyridine rings is 1. The Kier molecular flexibility index (Phi) is 5.72. The maximum atomic E-state index is 11.3. The van der Waals surface area contributed by atoms with Crippen molar-refractivity contribution in [2.45, 2.75) is 26.8 Å². The van der Waals surface area contributed by atoms with E-state index in [0.29, 0.717) is 0 Å². The van der Waals surface area contributed by atoms with Crippen molar-refractivity contribution in [2.75, 3.05) is 18.4 Å². The molecule has 0 aromatic carbocycles. The summed E-state index contributed by atoms with van der Waals surface area (Å²) in [5.74, 6) is 1.02. The summed E-state index contributed by atoms with van der Waals surface area (Å²) < 4.78 is 2.00. The molecule has 2 aromatic rings. The number of hydrogen-bond acceptors (Lipinski definition) is 4. The summed E-state index contributed by atoms with van der Waals surface area (Å²) in [6.07, 6.45) is 4.76. The number of ketones is 1. The van der Waals surface area contributed by atoms with E-state index < -0.39 is 0 Å². The number of aromatic nitrogens is 2. The normalized spacial score (nSPS) is 10.7. The van der Waals surface area contributed by atoms with Gasteiger partial charge in [-0.2, -0.15) is 0 Å². The minimum Gasteiger partial charge on any atom is -0.370 e. The molecule has 22 heavy (non-hydrogen) atoms. The number of hydrogen-bond donors (Lipinski definition) is 2. The average Bonchev–Trinajstić information content (AvgIpc) is 2.86. The van der Waals surface area contributed by atoms with Crippen molar-refractivity contribution in [3.63, 3.8) is 0 Å². The molecule has 2 N–H and O–H groups in total. The average molecular weight is 300 g/mol. The Hall–Kier alpha value is -2.14. The quantitative estimate of drug-likeness (QED) is 0.581. The molecule has 0 spiro atoms. The number of Topliss-reactive ketones (excluding diaryl/α,β-unsaturated/α-hetero) is 1. The fraction of sp³-hybridized carbons (Fsp3) is 0.412. The molecule has 2 heterocycles. The van der Waals surface area contributed by atoms with Crippen molar-refractivity contribution in [1.29, 1.82) is 0 Å². The maximum absolute atomic E-state index is 11.3. The molecule has 5 nitrogen and oxygen atoms in total. The number of carbonyl (C=O) groups excluding carboxylic acids is 1. The van der Waals surface area contributed by atoms with E-state index >= 15 is 0 Å². The summed E-state index contributed by atoms with van der Waals surface area (Å²) in [6, 6.07) is 6.00. The monoisotopic (exact) mass is 300 g/mol. The highest BCUT2D eigenvalue weighted by molar-refractivity contribution is 5.94. The van der Waals surface area contributed by atoms with Crippen LogP contribution in [0.15, 0.2) is 30.6 Å². The molecule has 0 aliphatic carbocycles. The Labute approximate surface area is 131 Å². The van der Waals surface area contributed by atoms with Gasteiger partial charge in [0, 0.05) is 43.8 Å². The molecule has 0 saturated carbocycles. The lowest BCUT2D eigenvalue weighted by atomic mass is 10.2. The molecule has 0 saturated heterocycles. The van der Waals surface area contributed by atoms with E-state index in [2.05, 4.69) is 21.7 Å². The van der Waals surface area contributed by atoms with Gasteiger partial charge in [-0.05, 0) is 44.5 Å². The van der Waals surface area contributed by atoms with Gasteiger partial charge >= 0.3 is 0 Å². The van der Waals surface area contributed by atoms with Crippen LogP contribution in [0.1, 0.15) is 35.0 Å². The van der Waals surface area contributed by atoms with Crippen LogP contribution in [-0.4, -0.2) is 28.4 Å². The van der Waals surface area contributed by atoms with Crippen LogP contribution < -0.4 is 10.6 Å². The lowest BCUT2D eigenvalue weighted by Crippen LogP contribution is -2.19. The van der Waals surface area contributed by atoms with Crippen molar-refractivity contribution in [3.05, 3.63) is 47.4 Å². The van der Waals surface area contributed by atoms with Crippen LogP contribution in [0, 0.1) is 6.92 Å². The van der Waals surface area contributed by atoms with Crippen LogP contribution in [0.2, 0.25) is 0 Å². The van der Waals surface area contributed by atoms with E-state index in [1.54, 1.807) is 6.92 Å². The molecule has 0 bridgehead atoms. The Morgan fingerprint density at radius 3 is 2.77 bits per heavy atom. The van der Waals surface area contributed by atoms with Gasteiger partial charge < -0.3 is 15.2 Å². The highest BCUT2D eigenvalue weighted by atomic mass is 16.1. The summed E-state index contributed by atoms with van der Waals surface area (Å²) in [7, 11) is 1.97. The predicted molar refractivity (Wildman–Crippen MR) is 89.2 cm³/mol. The highest BCUT2D eigenvalue weighted by Gasteiger charge is 2.05. The summed E-state index contributed by atoms with van der Waals surface area (Å²) in [4.78, 5) is 15.6. The van der Waals surface area contributed by atoms with Crippen molar-refractivity contribution in [1.82, 2.24) is 14.9 Å². The van der Waals surface area contributed by atoms with Gasteiger partial charge in [0.25, 0.3) is 0 Å². The molecule has 5 heteroatoms. The lowest BCUT2D eigenvalue weighted by molar-refractivity contribution is 0.101. The fourth-order valence-corrected chi connectivity index (χ4v) is 2.20. The van der Waals surface area contributed by atoms with Crippen molar-refractivity contribution < 1.29 is 4.79 Å². The van der Waals surface area contributed by atoms with E-state index in [1.165, 1.54) is 5.56 Å². The van der Waals surface area contributed by atoms with Gasteiger partial charge in [-0.25, -0.2) is 4.98 Å². The zero-order valence-corrected chi connectivity index (χ0v) is 13.5. The van der Waals surface area contributed by atoms with Crippen LogP contribution in [0.25, 0.3) is 0 Å². The first-order valence-corrected chi connectivity index (χ1v) is 7.59. The second-order valence-electron chi connectivity index (χ2n) is 5.57. The topological polar surface area (TPSA) is 59.0 Å². The second kappa shape index (κ2) is 7.75. The molecule has 2 aromatic heterocycles. The van der Waals surface area contributed by atoms with Crippen molar-refractivity contribution >= 4 is 11.6 Å². The van der Waals surface area contributed by atoms with Gasteiger partial charge in [0.2, 0.25) is 0 Å². The first kappa shape index (κ1) is 16.2. The lowest BCUT2D eigenvalue weighted by Gasteiger charge is -2.07. The number of carbonyl (C=O) groups is 1. The first-order valence-electron chi connectivity index (χ1n) is 7.59. The molecule has 118 valence electrons. The number of nitrogens with one attached hydrogen (secondary N) is 2. The largest absolute Gasteiger partial charge is 0.370 e. The van der Waals surface area contributed by atoms with Crippen LogP contribution in [0.4, 0.5) is 5.82 Å². The number of anilines is 1. The van der Waals surface area contributed by atoms with Gasteiger partial charge in [0.1, 0.15) is 5.82 Å². The predicted octanol–water partition coefficient (Wildman–Crippen LogP) is 2.52. The number of rotatable bonds is 8. The van der Waals surface area contributed by atoms with Gasteiger partial charge in [-0.15, -0.1) is 0 Å². The third-order valence-electron chi connectivity index (χ3n) is 3.57. The Balaban J connectivity index is 1.65. The molecule has 0 unspecified atom stereocenters. The maximum Gasteiger partial charge on any atom is 0.161 e. The van der Waals surface area contributed by atoms with Crippen molar-refractivity contribution in [3.8, 4) is 0 Å². The van der Waals surface area contributed by atoms with Crippen LogP contribution in [0.5, 0.6) is 0 Å². The fourth-order valence-electron chi connectivity index (χ4n) is 2.20. The third kappa shape index (κ3) is 4.70. The standard InChI is InChI=1S/C17H24N4O/c1-13-5-6-17(20-10-13)19-8-4-7-18-11-16-9-15(14(2)22)12-21(16)3/h5-6,9-10,12,18H,4,7-8,11H2,1-3H3,(H,19,20). The second-order valence-corrected chi connectivity index (χ2v) is 5.57. The van der Waals surface area contributed by atoms with Gasteiger partial charge in [-0.1, -0.05) is 6.07 Å². The number of nitrogens with zero attached hydrogens (tertiary/aromatic N) is 2. The third-order valence-corrected chi connectivity index (χ3v) is 3.57. The summed E-state index contributed by atoms with van der Waals surface area (Å²) in [5, 5.41) is 6.70. The summed E-state index contributed by atoms with van der Waals surface area (Å²) >= 11 is 0. The number of aryl methyl sites for hydroxylation is 2. The van der Waals surface area contributed by atoms with E-state index in [9.17, 15) is 4.79 Å². The summed E-state index contributed by atoms with van der Waals surface area (Å²) in [6.45, 7) is 6.19. The molecular formula is C17H24N4O. The van der Waals surface area contributed by atoms with Crippen LogP contribution in [-0.2, 0) is 13.6 Å². The molecule has 0 atom stereocenters. The Morgan fingerprint density at radius 2 is 2.14 bits per heavy atom. The molecule has 0 amide bonds. The zero-order valence-electron chi connectivity index (χ0n) is 13.5. The minimum atomic E-state index is 0.108. The highest BCUT2D eigenvalue weighted by Crippen LogP contribution is 2.08. The summed E-state index contributed by atoms with van der Waals surface area (Å²) in [5.41, 5.74) is 3.06. The van der Waals surface area contributed by atoms with Crippen molar-refractivity contribution in [2.24, 2.45) is 7.05 Å². The molecule has 2 rings (SSSR count). The Bertz CT molecular complexity index is 616. The SMILES string of the molecule is CC(=O)c1cc(CNCCCNc2ccc(C)cn2)n(C)c1. The zero-order chi connectivity index (χ0) is 15.9. The van der Waals surface area contributed by atoms with Gasteiger partial charge in [0.05, 0.1) is 0 Å². The van der Waals surface area contributed by atoms with E-state index in [1.807, 2.05) is 43.1 Å². The Morgan fingerprint density at radius 1 is 1.32 bits per heavy atom. The molecule has 0 aliphatic heterocycles. The molecule has 0 fully saturated rings.